The summed E-state index contributed by atoms with van der Waals surface area (Å²) in [6.07, 6.45) is 3.15. The van der Waals surface area contributed by atoms with Crippen molar-refractivity contribution < 1.29 is 4.79 Å². The third-order valence-corrected chi connectivity index (χ3v) is 6.46. The van der Waals surface area contributed by atoms with Crippen LogP contribution in [-0.2, 0) is 5.41 Å². The first-order chi connectivity index (χ1) is 14.6. The van der Waals surface area contributed by atoms with Crippen LogP contribution < -0.4 is 5.32 Å². The summed E-state index contributed by atoms with van der Waals surface area (Å²) in [6, 6.07) is 7.77. The zero-order chi connectivity index (χ0) is 22.3. The highest BCUT2D eigenvalue weighted by Crippen LogP contribution is 2.33. The summed E-state index contributed by atoms with van der Waals surface area (Å²) in [4.78, 5) is 28.1. The molecule has 1 unspecified atom stereocenters. The number of hydrogen-bond acceptors (Lipinski definition) is 6. The molecule has 4 rings (SSSR count). The maximum absolute atomic E-state index is 13.1. The van der Waals surface area contributed by atoms with Crippen LogP contribution in [0, 0.1) is 13.8 Å². The van der Waals surface area contributed by atoms with Crippen LogP contribution in [0.25, 0.3) is 15.9 Å². The molecule has 160 valence electrons. The van der Waals surface area contributed by atoms with Gasteiger partial charge in [0.05, 0.1) is 22.3 Å². The molecule has 0 bridgehead atoms. The first-order valence-electron chi connectivity index (χ1n) is 10.2. The molecular formula is C23H26N6OS. The standard InChI is InChI=1S/C23H26N6OS/c1-13-18-15(3)27-22(23(4,5)6)28-21(18)31-19(13)20(30)26-14(2)16-7-9-17(10-8-16)29-12-24-11-25-29/h7-12,14H,1-6H3,(H,26,30). The molecule has 4 aromatic rings. The van der Waals surface area contributed by atoms with Crippen LogP contribution in [0.5, 0.6) is 0 Å². The van der Waals surface area contributed by atoms with Crippen LogP contribution in [-0.4, -0.2) is 30.6 Å². The van der Waals surface area contributed by atoms with E-state index in [0.717, 1.165) is 38.5 Å². The monoisotopic (exact) mass is 434 g/mol. The lowest BCUT2D eigenvalue weighted by atomic mass is 9.95. The molecule has 0 aliphatic heterocycles. The predicted octanol–water partition coefficient (Wildman–Crippen LogP) is 4.68. The fourth-order valence-corrected chi connectivity index (χ4v) is 4.63. The summed E-state index contributed by atoms with van der Waals surface area (Å²) >= 11 is 1.43. The Morgan fingerprint density at radius 3 is 2.45 bits per heavy atom. The molecule has 0 saturated heterocycles. The van der Waals surface area contributed by atoms with Gasteiger partial charge in [-0.3, -0.25) is 4.79 Å². The van der Waals surface area contributed by atoms with Gasteiger partial charge < -0.3 is 5.32 Å². The van der Waals surface area contributed by atoms with Gasteiger partial charge in [0.25, 0.3) is 5.91 Å². The number of aromatic nitrogens is 5. The van der Waals surface area contributed by atoms with E-state index in [0.29, 0.717) is 4.88 Å². The highest BCUT2D eigenvalue weighted by Gasteiger charge is 2.24. The molecule has 0 spiro atoms. The molecule has 8 heteroatoms. The fourth-order valence-electron chi connectivity index (χ4n) is 3.49. The van der Waals surface area contributed by atoms with Crippen LogP contribution in [0.1, 0.15) is 66.1 Å². The number of hydrogen-bond donors (Lipinski definition) is 1. The van der Waals surface area contributed by atoms with Gasteiger partial charge in [-0.05, 0) is 44.0 Å². The molecule has 1 aromatic carbocycles. The van der Waals surface area contributed by atoms with E-state index >= 15 is 0 Å². The van der Waals surface area contributed by atoms with Gasteiger partial charge in [0.2, 0.25) is 0 Å². The molecule has 1 amide bonds. The van der Waals surface area contributed by atoms with Crippen LogP contribution in [0.2, 0.25) is 0 Å². The van der Waals surface area contributed by atoms with E-state index in [1.165, 1.54) is 17.7 Å². The van der Waals surface area contributed by atoms with Crippen molar-refractivity contribution >= 4 is 27.5 Å². The van der Waals surface area contributed by atoms with Crippen molar-refractivity contribution in [1.29, 1.82) is 0 Å². The minimum atomic E-state index is -0.147. The Morgan fingerprint density at radius 1 is 1.13 bits per heavy atom. The summed E-state index contributed by atoms with van der Waals surface area (Å²) in [5, 5.41) is 8.23. The Hall–Kier alpha value is -3.13. The average Bonchev–Trinajstić information content (AvgIpc) is 3.36. The second kappa shape index (κ2) is 7.85. The van der Waals surface area contributed by atoms with E-state index in [9.17, 15) is 4.79 Å². The second-order valence-corrected chi connectivity index (χ2v) is 9.74. The van der Waals surface area contributed by atoms with Crippen molar-refractivity contribution in [3.63, 3.8) is 0 Å². The van der Waals surface area contributed by atoms with Crippen LogP contribution >= 0.6 is 11.3 Å². The number of amides is 1. The van der Waals surface area contributed by atoms with E-state index in [1.54, 1.807) is 11.0 Å². The predicted molar refractivity (Wildman–Crippen MR) is 123 cm³/mol. The van der Waals surface area contributed by atoms with Gasteiger partial charge in [0.1, 0.15) is 23.3 Å². The maximum atomic E-state index is 13.1. The van der Waals surface area contributed by atoms with Crippen molar-refractivity contribution in [3.8, 4) is 5.69 Å². The van der Waals surface area contributed by atoms with Crippen LogP contribution in [0.4, 0.5) is 0 Å². The molecule has 31 heavy (non-hydrogen) atoms. The van der Waals surface area contributed by atoms with Crippen molar-refractivity contribution in [2.45, 2.75) is 53.0 Å². The van der Waals surface area contributed by atoms with Crippen molar-refractivity contribution in [3.05, 3.63) is 64.4 Å². The van der Waals surface area contributed by atoms with Gasteiger partial charge in [-0.15, -0.1) is 11.3 Å². The molecule has 7 nitrogen and oxygen atoms in total. The van der Waals surface area contributed by atoms with Crippen molar-refractivity contribution in [1.82, 2.24) is 30.0 Å². The normalized spacial score (nSPS) is 12.8. The number of rotatable bonds is 4. The zero-order valence-corrected chi connectivity index (χ0v) is 19.4. The fraction of sp³-hybridized carbons (Fsp3) is 0.348. The summed E-state index contributed by atoms with van der Waals surface area (Å²) in [5.41, 5.74) is 3.64. The van der Waals surface area contributed by atoms with E-state index in [-0.39, 0.29) is 17.4 Å². The number of carbonyl (C=O) groups is 1. The molecule has 0 saturated carbocycles. The van der Waals surface area contributed by atoms with Gasteiger partial charge in [-0.1, -0.05) is 32.9 Å². The van der Waals surface area contributed by atoms with E-state index < -0.39 is 0 Å². The largest absolute Gasteiger partial charge is 0.345 e. The third kappa shape index (κ3) is 4.07. The smallest absolute Gasteiger partial charge is 0.262 e. The Kier molecular flexibility index (Phi) is 5.35. The minimum absolute atomic E-state index is 0.0925. The van der Waals surface area contributed by atoms with Crippen LogP contribution in [0.15, 0.2) is 36.9 Å². The summed E-state index contributed by atoms with van der Waals surface area (Å²) < 4.78 is 1.70. The number of nitrogens with one attached hydrogen (secondary N) is 1. The molecule has 0 fully saturated rings. The SMILES string of the molecule is Cc1nc(C(C)(C)C)nc2sc(C(=O)NC(C)c3ccc(-n4cncn4)cc3)c(C)c12. The molecule has 1 N–H and O–H groups in total. The topological polar surface area (TPSA) is 85.6 Å². The van der Waals surface area contributed by atoms with Crippen molar-refractivity contribution in [2.24, 2.45) is 0 Å². The number of nitrogens with zero attached hydrogens (tertiary/aromatic N) is 5. The molecular weight excluding hydrogens is 408 g/mol. The number of aryl methyl sites for hydroxylation is 2. The number of carbonyl (C=O) groups excluding carboxylic acids is 1. The molecule has 3 aromatic heterocycles. The Balaban J connectivity index is 1.58. The Morgan fingerprint density at radius 2 is 1.84 bits per heavy atom. The van der Waals surface area contributed by atoms with Crippen LogP contribution in [0.3, 0.4) is 0 Å². The average molecular weight is 435 g/mol. The lowest BCUT2D eigenvalue weighted by Crippen LogP contribution is -2.26. The molecule has 0 aliphatic carbocycles. The van der Waals surface area contributed by atoms with E-state index in [2.05, 4.69) is 36.2 Å². The third-order valence-electron chi connectivity index (χ3n) is 5.27. The second-order valence-electron chi connectivity index (χ2n) is 8.75. The number of fused-ring (bicyclic) bond motifs is 1. The summed E-state index contributed by atoms with van der Waals surface area (Å²) in [6.45, 7) is 12.2. The van der Waals surface area contributed by atoms with Crippen molar-refractivity contribution in [2.75, 3.05) is 0 Å². The lowest BCUT2D eigenvalue weighted by molar-refractivity contribution is 0.0943. The van der Waals surface area contributed by atoms with Gasteiger partial charge in [-0.25, -0.2) is 19.6 Å². The summed E-state index contributed by atoms with van der Waals surface area (Å²) in [5.74, 6) is 0.705. The maximum Gasteiger partial charge on any atom is 0.262 e. The summed E-state index contributed by atoms with van der Waals surface area (Å²) in [7, 11) is 0. The Labute approximate surface area is 185 Å². The first kappa shape index (κ1) is 21.1. The zero-order valence-electron chi connectivity index (χ0n) is 18.6. The highest BCUT2D eigenvalue weighted by atomic mass is 32.1. The van der Waals surface area contributed by atoms with Gasteiger partial charge in [-0.2, -0.15) is 5.10 Å². The van der Waals surface area contributed by atoms with Gasteiger partial charge in [0.15, 0.2) is 0 Å². The lowest BCUT2D eigenvalue weighted by Gasteiger charge is -2.16. The molecule has 0 radical (unpaired) electrons. The number of benzene rings is 1. The Bertz CT molecular complexity index is 1240. The molecule has 3 heterocycles. The highest BCUT2D eigenvalue weighted by molar-refractivity contribution is 7.20. The van der Waals surface area contributed by atoms with Gasteiger partial charge in [0, 0.05) is 10.8 Å². The number of thiophene rings is 1. The van der Waals surface area contributed by atoms with E-state index in [4.69, 9.17) is 9.97 Å². The molecule has 0 aliphatic rings. The molecule has 1 atom stereocenters. The van der Waals surface area contributed by atoms with Gasteiger partial charge >= 0.3 is 0 Å². The minimum Gasteiger partial charge on any atom is -0.345 e. The quantitative estimate of drug-likeness (QED) is 0.504. The first-order valence-corrected chi connectivity index (χ1v) is 11.0. The van der Waals surface area contributed by atoms with E-state index in [1.807, 2.05) is 45.0 Å².